The molecule has 1 aromatic carbocycles. The Labute approximate surface area is 118 Å². The molecule has 0 aliphatic heterocycles. The Kier molecular flexibility index (Phi) is 3.30. The standard InChI is InChI=1S/C16H19N3O/c1-3-17-14-9-15(16(20)19-13-8-10(13)2)18-12-7-5-4-6-11(12)14/h4-7,9-10,13H,3,8H2,1-2H3,(H,17,18)(H,19,20). The van der Waals surface area contributed by atoms with Gasteiger partial charge in [0, 0.05) is 23.7 Å². The lowest BCUT2D eigenvalue weighted by atomic mass is 10.1. The number of amides is 1. The SMILES string of the molecule is CCNc1cc(C(=O)NC2CC2C)nc2ccccc12. The lowest BCUT2D eigenvalue weighted by molar-refractivity contribution is 0.0945. The number of fused-ring (bicyclic) bond motifs is 1. The first-order valence-electron chi connectivity index (χ1n) is 7.13. The molecule has 1 aliphatic rings. The molecule has 0 radical (unpaired) electrons. The second-order valence-corrected chi connectivity index (χ2v) is 5.40. The predicted octanol–water partition coefficient (Wildman–Crippen LogP) is 2.80. The van der Waals surface area contributed by atoms with Crippen LogP contribution in [0.25, 0.3) is 10.9 Å². The van der Waals surface area contributed by atoms with Crippen molar-refractivity contribution in [2.24, 2.45) is 5.92 Å². The third-order valence-corrected chi connectivity index (χ3v) is 3.74. The molecule has 1 heterocycles. The van der Waals surface area contributed by atoms with Gasteiger partial charge in [-0.15, -0.1) is 0 Å². The number of pyridine rings is 1. The Morgan fingerprint density at radius 1 is 1.40 bits per heavy atom. The smallest absolute Gasteiger partial charge is 0.270 e. The summed E-state index contributed by atoms with van der Waals surface area (Å²) in [6, 6.07) is 10.0. The highest BCUT2D eigenvalue weighted by molar-refractivity contribution is 5.99. The molecule has 4 nitrogen and oxygen atoms in total. The van der Waals surface area contributed by atoms with Crippen molar-refractivity contribution in [1.29, 1.82) is 0 Å². The molecule has 0 bridgehead atoms. The minimum absolute atomic E-state index is 0.0794. The third-order valence-electron chi connectivity index (χ3n) is 3.74. The number of carbonyl (C=O) groups is 1. The van der Waals surface area contributed by atoms with Gasteiger partial charge < -0.3 is 10.6 Å². The van der Waals surface area contributed by atoms with Crippen LogP contribution in [-0.2, 0) is 0 Å². The summed E-state index contributed by atoms with van der Waals surface area (Å²) < 4.78 is 0. The fourth-order valence-corrected chi connectivity index (χ4v) is 2.39. The fourth-order valence-electron chi connectivity index (χ4n) is 2.39. The summed E-state index contributed by atoms with van der Waals surface area (Å²) in [6.07, 6.45) is 1.07. The summed E-state index contributed by atoms with van der Waals surface area (Å²) in [7, 11) is 0. The molecular formula is C16H19N3O. The molecule has 1 amide bonds. The van der Waals surface area contributed by atoms with Crippen molar-refractivity contribution in [3.63, 3.8) is 0 Å². The highest BCUT2D eigenvalue weighted by atomic mass is 16.2. The number of rotatable bonds is 4. The molecule has 0 spiro atoms. The van der Waals surface area contributed by atoms with Gasteiger partial charge in [-0.3, -0.25) is 4.79 Å². The highest BCUT2D eigenvalue weighted by Crippen LogP contribution is 2.29. The first-order valence-corrected chi connectivity index (χ1v) is 7.13. The van der Waals surface area contributed by atoms with Crippen molar-refractivity contribution >= 4 is 22.5 Å². The maximum atomic E-state index is 12.2. The Hall–Kier alpha value is -2.10. The van der Waals surface area contributed by atoms with E-state index in [9.17, 15) is 4.79 Å². The van der Waals surface area contributed by atoms with E-state index in [0.29, 0.717) is 17.7 Å². The number of para-hydroxylation sites is 1. The number of hydrogen-bond acceptors (Lipinski definition) is 3. The van der Waals surface area contributed by atoms with Crippen molar-refractivity contribution in [2.45, 2.75) is 26.3 Å². The van der Waals surface area contributed by atoms with E-state index < -0.39 is 0 Å². The monoisotopic (exact) mass is 269 g/mol. The van der Waals surface area contributed by atoms with Crippen LogP contribution in [0.15, 0.2) is 30.3 Å². The number of nitrogens with zero attached hydrogens (tertiary/aromatic N) is 1. The highest BCUT2D eigenvalue weighted by Gasteiger charge is 2.34. The topological polar surface area (TPSA) is 54.0 Å². The summed E-state index contributed by atoms with van der Waals surface area (Å²) in [6.45, 7) is 5.00. The lowest BCUT2D eigenvalue weighted by Gasteiger charge is -2.10. The zero-order chi connectivity index (χ0) is 14.1. The summed E-state index contributed by atoms with van der Waals surface area (Å²) in [5.41, 5.74) is 2.30. The average molecular weight is 269 g/mol. The van der Waals surface area contributed by atoms with Crippen LogP contribution in [-0.4, -0.2) is 23.5 Å². The fraction of sp³-hybridized carbons (Fsp3) is 0.375. The minimum atomic E-state index is -0.0794. The number of anilines is 1. The van der Waals surface area contributed by atoms with Gasteiger partial charge in [0.2, 0.25) is 0 Å². The van der Waals surface area contributed by atoms with Crippen LogP contribution in [0.4, 0.5) is 5.69 Å². The van der Waals surface area contributed by atoms with Crippen molar-refractivity contribution in [2.75, 3.05) is 11.9 Å². The molecule has 1 aromatic heterocycles. The lowest BCUT2D eigenvalue weighted by Crippen LogP contribution is -2.27. The third kappa shape index (κ3) is 2.46. The Balaban J connectivity index is 1.96. The van der Waals surface area contributed by atoms with E-state index in [-0.39, 0.29) is 5.91 Å². The van der Waals surface area contributed by atoms with E-state index in [0.717, 1.165) is 29.6 Å². The summed E-state index contributed by atoms with van der Waals surface area (Å²) >= 11 is 0. The van der Waals surface area contributed by atoms with Crippen molar-refractivity contribution in [1.82, 2.24) is 10.3 Å². The van der Waals surface area contributed by atoms with Crippen LogP contribution in [0.5, 0.6) is 0 Å². The van der Waals surface area contributed by atoms with Gasteiger partial charge in [0.05, 0.1) is 5.52 Å². The zero-order valence-corrected chi connectivity index (χ0v) is 11.8. The molecule has 1 saturated carbocycles. The van der Waals surface area contributed by atoms with Gasteiger partial charge in [-0.2, -0.15) is 0 Å². The number of aromatic nitrogens is 1. The second-order valence-electron chi connectivity index (χ2n) is 5.40. The van der Waals surface area contributed by atoms with Gasteiger partial charge in [-0.1, -0.05) is 25.1 Å². The molecule has 104 valence electrons. The first-order chi connectivity index (χ1) is 9.69. The van der Waals surface area contributed by atoms with Crippen molar-refractivity contribution in [3.8, 4) is 0 Å². The van der Waals surface area contributed by atoms with Crippen molar-refractivity contribution < 1.29 is 4.79 Å². The average Bonchev–Trinajstić information content (AvgIpc) is 3.14. The summed E-state index contributed by atoms with van der Waals surface area (Å²) in [4.78, 5) is 16.7. The number of carbonyl (C=O) groups excluding carboxylic acids is 1. The number of nitrogens with one attached hydrogen (secondary N) is 2. The zero-order valence-electron chi connectivity index (χ0n) is 11.8. The van der Waals surface area contributed by atoms with E-state index in [1.807, 2.05) is 37.3 Å². The number of benzene rings is 1. The maximum absolute atomic E-state index is 12.2. The van der Waals surface area contributed by atoms with E-state index in [2.05, 4.69) is 22.5 Å². The molecule has 2 atom stereocenters. The van der Waals surface area contributed by atoms with Crippen LogP contribution < -0.4 is 10.6 Å². The van der Waals surface area contributed by atoms with Crippen LogP contribution in [0, 0.1) is 5.92 Å². The van der Waals surface area contributed by atoms with Crippen LogP contribution in [0.1, 0.15) is 30.8 Å². The van der Waals surface area contributed by atoms with Crippen LogP contribution in [0.3, 0.4) is 0 Å². The van der Waals surface area contributed by atoms with Gasteiger partial charge >= 0.3 is 0 Å². The Morgan fingerprint density at radius 3 is 2.85 bits per heavy atom. The molecule has 0 saturated heterocycles. The molecule has 2 N–H and O–H groups in total. The maximum Gasteiger partial charge on any atom is 0.270 e. The van der Waals surface area contributed by atoms with E-state index in [1.54, 1.807) is 0 Å². The second kappa shape index (κ2) is 5.12. The van der Waals surface area contributed by atoms with Gasteiger partial charge in [-0.05, 0) is 31.4 Å². The van der Waals surface area contributed by atoms with Crippen molar-refractivity contribution in [3.05, 3.63) is 36.0 Å². The van der Waals surface area contributed by atoms with E-state index in [4.69, 9.17) is 0 Å². The van der Waals surface area contributed by atoms with Crippen LogP contribution >= 0.6 is 0 Å². The molecule has 3 rings (SSSR count). The molecule has 2 unspecified atom stereocenters. The summed E-state index contributed by atoms with van der Waals surface area (Å²) in [5.74, 6) is 0.511. The molecule has 2 aromatic rings. The largest absolute Gasteiger partial charge is 0.385 e. The Bertz CT molecular complexity index is 653. The molecule has 4 heteroatoms. The van der Waals surface area contributed by atoms with Gasteiger partial charge in [0.25, 0.3) is 5.91 Å². The van der Waals surface area contributed by atoms with Crippen LogP contribution in [0.2, 0.25) is 0 Å². The van der Waals surface area contributed by atoms with E-state index >= 15 is 0 Å². The molecule has 1 fully saturated rings. The quantitative estimate of drug-likeness (QED) is 0.897. The predicted molar refractivity (Wildman–Crippen MR) is 80.9 cm³/mol. The normalized spacial score (nSPS) is 20.7. The van der Waals surface area contributed by atoms with Gasteiger partial charge in [0.15, 0.2) is 0 Å². The Morgan fingerprint density at radius 2 is 2.15 bits per heavy atom. The van der Waals surface area contributed by atoms with E-state index in [1.165, 1.54) is 0 Å². The van der Waals surface area contributed by atoms with Gasteiger partial charge in [-0.25, -0.2) is 4.98 Å². The first kappa shape index (κ1) is 12.9. The molecule has 20 heavy (non-hydrogen) atoms. The van der Waals surface area contributed by atoms with Gasteiger partial charge in [0.1, 0.15) is 5.69 Å². The molecular weight excluding hydrogens is 250 g/mol. The minimum Gasteiger partial charge on any atom is -0.385 e. The molecule has 1 aliphatic carbocycles. The number of hydrogen-bond donors (Lipinski definition) is 2. The summed E-state index contributed by atoms with van der Waals surface area (Å²) in [5, 5.41) is 7.38.